The number of rotatable bonds is 2. The van der Waals surface area contributed by atoms with E-state index in [1.54, 1.807) is 0 Å². The summed E-state index contributed by atoms with van der Waals surface area (Å²) in [6, 6.07) is 7.25. The topological polar surface area (TPSA) is 12.9 Å². The van der Waals surface area contributed by atoms with E-state index >= 15 is 0 Å². The van der Waals surface area contributed by atoms with Gasteiger partial charge in [-0.2, -0.15) is 0 Å². The van der Waals surface area contributed by atoms with Crippen molar-refractivity contribution in [1.82, 2.24) is 4.98 Å². The molecular formula is C25H33N. The summed E-state index contributed by atoms with van der Waals surface area (Å²) >= 11 is 0. The van der Waals surface area contributed by atoms with Gasteiger partial charge in [-0.25, -0.2) is 0 Å². The van der Waals surface area contributed by atoms with Gasteiger partial charge in [0, 0.05) is 22.2 Å². The third-order valence-electron chi connectivity index (χ3n) is 9.91. The molecule has 0 atom stereocenters. The monoisotopic (exact) mass is 347 g/mol. The maximum Gasteiger partial charge on any atom is 0.0469 e. The highest BCUT2D eigenvalue weighted by Gasteiger charge is 2.54. The number of pyridine rings is 1. The molecule has 0 radical (unpaired) electrons. The summed E-state index contributed by atoms with van der Waals surface area (Å²) in [4.78, 5) is 5.55. The lowest BCUT2D eigenvalue weighted by atomic mass is 9.48. The number of nitrogens with zero attached hydrogens (tertiary/aromatic N) is 1. The Kier molecular flexibility index (Phi) is 2.88. The summed E-state index contributed by atoms with van der Waals surface area (Å²) in [5.41, 5.74) is 3.97. The van der Waals surface area contributed by atoms with Gasteiger partial charge in [0.1, 0.15) is 0 Å². The number of hydrogen-bond donors (Lipinski definition) is 0. The summed E-state index contributed by atoms with van der Waals surface area (Å²) in [6.45, 7) is 0. The van der Waals surface area contributed by atoms with Crippen molar-refractivity contribution >= 4 is 0 Å². The molecule has 9 rings (SSSR count). The average Bonchev–Trinajstić information content (AvgIpc) is 2.60. The normalized spacial score (nSPS) is 53.4. The molecule has 1 heterocycles. The molecule has 8 bridgehead atoms. The molecule has 1 aromatic rings. The van der Waals surface area contributed by atoms with Gasteiger partial charge in [-0.1, -0.05) is 6.07 Å². The summed E-state index contributed by atoms with van der Waals surface area (Å²) in [5.74, 6) is 6.12. The van der Waals surface area contributed by atoms with Crippen molar-refractivity contribution in [1.29, 1.82) is 0 Å². The van der Waals surface area contributed by atoms with Crippen LogP contribution in [-0.2, 0) is 10.8 Å². The van der Waals surface area contributed by atoms with Crippen molar-refractivity contribution in [3.05, 3.63) is 29.6 Å². The quantitative estimate of drug-likeness (QED) is 0.637. The SMILES string of the molecule is c1cc(C23CC4CC(CC(C4)C2)C3)nc(C23CC4CC(CC(C4)C2)C3)c1. The highest BCUT2D eigenvalue weighted by Crippen LogP contribution is 2.62. The molecule has 8 fully saturated rings. The van der Waals surface area contributed by atoms with E-state index in [4.69, 9.17) is 4.98 Å². The predicted octanol–water partition coefficient (Wildman–Crippen LogP) is 6.02. The molecule has 8 aliphatic rings. The second-order valence-corrected chi connectivity index (χ2v) is 11.8. The van der Waals surface area contributed by atoms with Crippen molar-refractivity contribution in [3.63, 3.8) is 0 Å². The van der Waals surface area contributed by atoms with Crippen LogP contribution in [0, 0.1) is 35.5 Å². The molecule has 1 heteroatoms. The first-order valence-electron chi connectivity index (χ1n) is 11.7. The van der Waals surface area contributed by atoms with Gasteiger partial charge < -0.3 is 0 Å². The van der Waals surface area contributed by atoms with Crippen LogP contribution in [0.5, 0.6) is 0 Å². The Bertz CT molecular complexity index is 616. The molecule has 8 aliphatic carbocycles. The Balaban J connectivity index is 1.28. The van der Waals surface area contributed by atoms with Crippen molar-refractivity contribution in [2.24, 2.45) is 35.5 Å². The summed E-state index contributed by atoms with van der Waals surface area (Å²) < 4.78 is 0. The minimum absolute atomic E-state index is 0.465. The summed E-state index contributed by atoms with van der Waals surface area (Å²) in [6.07, 6.45) is 17.9. The zero-order chi connectivity index (χ0) is 16.9. The van der Waals surface area contributed by atoms with Gasteiger partial charge in [-0.05, 0) is 125 Å². The summed E-state index contributed by atoms with van der Waals surface area (Å²) in [5, 5.41) is 0. The molecule has 1 nitrogen and oxygen atoms in total. The Labute approximate surface area is 158 Å². The van der Waals surface area contributed by atoms with Crippen LogP contribution < -0.4 is 0 Å². The molecule has 26 heavy (non-hydrogen) atoms. The van der Waals surface area contributed by atoms with Gasteiger partial charge in [0.2, 0.25) is 0 Å². The van der Waals surface area contributed by atoms with Crippen LogP contribution in [0.15, 0.2) is 18.2 Å². The van der Waals surface area contributed by atoms with E-state index in [-0.39, 0.29) is 0 Å². The molecule has 0 N–H and O–H groups in total. The van der Waals surface area contributed by atoms with Crippen LogP contribution in [0.1, 0.15) is 88.4 Å². The van der Waals surface area contributed by atoms with Crippen LogP contribution in [0.2, 0.25) is 0 Å². The highest BCUT2D eigenvalue weighted by atomic mass is 14.8. The van der Waals surface area contributed by atoms with E-state index in [2.05, 4.69) is 18.2 Å². The molecule has 1 aromatic heterocycles. The molecular weight excluding hydrogens is 314 g/mol. The zero-order valence-electron chi connectivity index (χ0n) is 16.1. The first-order valence-corrected chi connectivity index (χ1v) is 11.7. The van der Waals surface area contributed by atoms with Crippen LogP contribution in [0.3, 0.4) is 0 Å². The maximum atomic E-state index is 5.55. The lowest BCUT2D eigenvalue weighted by Gasteiger charge is -2.58. The summed E-state index contributed by atoms with van der Waals surface area (Å²) in [7, 11) is 0. The minimum atomic E-state index is 0.465. The molecule has 0 amide bonds. The minimum Gasteiger partial charge on any atom is -0.257 e. The fraction of sp³-hybridized carbons (Fsp3) is 0.800. The lowest BCUT2D eigenvalue weighted by Crippen LogP contribution is -2.50. The second kappa shape index (κ2) is 4.95. The van der Waals surface area contributed by atoms with Gasteiger partial charge in [-0.3, -0.25) is 4.98 Å². The standard InChI is InChI=1S/C25H33N/c1-2-22(24-10-16-4-17(11-24)6-18(5-16)12-24)26-23(3-1)25-13-19-7-20(14-25)9-21(8-19)15-25/h1-3,16-21H,4-15H2. The van der Waals surface area contributed by atoms with Gasteiger partial charge in [-0.15, -0.1) is 0 Å². The Morgan fingerprint density at radius 2 is 0.846 bits per heavy atom. The van der Waals surface area contributed by atoms with Crippen LogP contribution in [0.25, 0.3) is 0 Å². The van der Waals surface area contributed by atoms with Crippen molar-refractivity contribution in [2.45, 2.75) is 87.9 Å². The number of aromatic nitrogens is 1. The fourth-order valence-corrected chi connectivity index (χ4v) is 9.87. The fourth-order valence-electron chi connectivity index (χ4n) is 9.87. The van der Waals surface area contributed by atoms with Crippen molar-refractivity contribution in [2.75, 3.05) is 0 Å². The Hall–Kier alpha value is -0.850. The molecule has 0 saturated heterocycles. The van der Waals surface area contributed by atoms with E-state index in [0.29, 0.717) is 10.8 Å². The molecule has 0 aromatic carbocycles. The van der Waals surface area contributed by atoms with E-state index in [1.165, 1.54) is 88.4 Å². The van der Waals surface area contributed by atoms with Crippen LogP contribution in [0.4, 0.5) is 0 Å². The molecule has 0 spiro atoms. The lowest BCUT2D eigenvalue weighted by molar-refractivity contribution is -0.0124. The number of hydrogen-bond acceptors (Lipinski definition) is 1. The molecule has 8 saturated carbocycles. The van der Waals surface area contributed by atoms with Crippen LogP contribution >= 0.6 is 0 Å². The second-order valence-electron chi connectivity index (χ2n) is 11.8. The third kappa shape index (κ3) is 2.01. The maximum absolute atomic E-state index is 5.55. The van der Waals surface area contributed by atoms with Gasteiger partial charge in [0.05, 0.1) is 0 Å². The Morgan fingerprint density at radius 3 is 1.15 bits per heavy atom. The van der Waals surface area contributed by atoms with E-state index in [9.17, 15) is 0 Å². The first-order chi connectivity index (χ1) is 12.7. The van der Waals surface area contributed by atoms with Gasteiger partial charge in [0.25, 0.3) is 0 Å². The van der Waals surface area contributed by atoms with Gasteiger partial charge in [0.15, 0.2) is 0 Å². The molecule has 0 aliphatic heterocycles. The van der Waals surface area contributed by atoms with E-state index in [1.807, 2.05) is 0 Å². The third-order valence-corrected chi connectivity index (χ3v) is 9.91. The van der Waals surface area contributed by atoms with Crippen LogP contribution in [-0.4, -0.2) is 4.98 Å². The largest absolute Gasteiger partial charge is 0.257 e. The van der Waals surface area contributed by atoms with Crippen molar-refractivity contribution in [3.8, 4) is 0 Å². The predicted molar refractivity (Wildman–Crippen MR) is 104 cm³/mol. The molecule has 138 valence electrons. The van der Waals surface area contributed by atoms with E-state index < -0.39 is 0 Å². The average molecular weight is 348 g/mol. The Morgan fingerprint density at radius 1 is 0.538 bits per heavy atom. The van der Waals surface area contributed by atoms with Gasteiger partial charge >= 0.3 is 0 Å². The smallest absolute Gasteiger partial charge is 0.0469 e. The van der Waals surface area contributed by atoms with E-state index in [0.717, 1.165) is 35.5 Å². The highest BCUT2D eigenvalue weighted by molar-refractivity contribution is 5.30. The zero-order valence-corrected chi connectivity index (χ0v) is 16.1. The first kappa shape index (κ1) is 15.1. The van der Waals surface area contributed by atoms with Crippen molar-refractivity contribution < 1.29 is 0 Å². The molecule has 0 unspecified atom stereocenters.